The molecule has 1 aliphatic carbocycles. The number of rotatable bonds is 7. The van der Waals surface area contributed by atoms with Gasteiger partial charge in [0.1, 0.15) is 10.7 Å². The van der Waals surface area contributed by atoms with Crippen molar-refractivity contribution >= 4 is 40.3 Å². The fourth-order valence-corrected chi connectivity index (χ4v) is 3.89. The van der Waals surface area contributed by atoms with Gasteiger partial charge in [0.2, 0.25) is 5.88 Å². The van der Waals surface area contributed by atoms with Gasteiger partial charge in [0.15, 0.2) is 5.16 Å². The minimum absolute atomic E-state index is 0.0816. The normalized spacial score (nSPS) is 13.7. The highest BCUT2D eigenvalue weighted by Gasteiger charge is 2.24. The minimum atomic E-state index is -0.0816. The van der Waals surface area contributed by atoms with Crippen LogP contribution in [-0.4, -0.2) is 38.5 Å². The maximum absolute atomic E-state index is 12.3. The molecule has 2 N–H and O–H groups in total. The molecule has 1 amide bonds. The lowest BCUT2D eigenvalue weighted by molar-refractivity contribution is 0.0950. The molecular weight excluding hydrogens is 398 g/mol. The molecule has 3 aromatic rings. The second-order valence-electron chi connectivity index (χ2n) is 6.47. The van der Waals surface area contributed by atoms with Gasteiger partial charge in [0, 0.05) is 23.5 Å². The second kappa shape index (κ2) is 7.97. The van der Waals surface area contributed by atoms with Gasteiger partial charge in [0.05, 0.1) is 17.0 Å². The monoisotopic (exact) mass is 417 g/mol. The van der Waals surface area contributed by atoms with Gasteiger partial charge >= 0.3 is 0 Å². The van der Waals surface area contributed by atoms with Crippen LogP contribution in [0.3, 0.4) is 0 Å². The van der Waals surface area contributed by atoms with Crippen molar-refractivity contribution in [1.82, 2.24) is 25.3 Å². The van der Waals surface area contributed by atoms with Crippen LogP contribution in [0.25, 0.3) is 11.0 Å². The van der Waals surface area contributed by atoms with Gasteiger partial charge in [0.25, 0.3) is 5.91 Å². The van der Waals surface area contributed by atoms with Crippen molar-refractivity contribution in [3.05, 3.63) is 34.6 Å². The van der Waals surface area contributed by atoms with E-state index >= 15 is 0 Å². The standard InChI is InChI=1S/C19H20ClN5O2S/c1-3-12-15(20)14-16(23-12)24-19(25-18(14)27-4-2)28-13-9-10(7-8-21-13)17(26)22-11-5-6-11/h7-9,11H,3-6H2,1-2H3,(H,22,26)(H,23,24,25). The Morgan fingerprint density at radius 2 is 2.21 bits per heavy atom. The third-order valence-electron chi connectivity index (χ3n) is 4.35. The summed E-state index contributed by atoms with van der Waals surface area (Å²) in [6, 6.07) is 3.76. The number of nitrogens with zero attached hydrogens (tertiary/aromatic N) is 3. The molecular formula is C19H20ClN5O2S. The fraction of sp³-hybridized carbons (Fsp3) is 0.368. The number of carbonyl (C=O) groups is 1. The SMILES string of the molecule is CCOc1nc(Sc2cc(C(=O)NC3CC3)ccn2)nc2[nH]c(CC)c(Cl)c12. The van der Waals surface area contributed by atoms with Crippen LogP contribution >= 0.6 is 23.4 Å². The Bertz CT molecular complexity index is 1030. The number of halogens is 1. The van der Waals surface area contributed by atoms with E-state index in [-0.39, 0.29) is 5.91 Å². The van der Waals surface area contributed by atoms with E-state index in [0.29, 0.717) is 50.3 Å². The zero-order valence-corrected chi connectivity index (χ0v) is 17.2. The molecule has 9 heteroatoms. The van der Waals surface area contributed by atoms with E-state index in [0.717, 1.165) is 25.0 Å². The number of hydrogen-bond acceptors (Lipinski definition) is 6. The summed E-state index contributed by atoms with van der Waals surface area (Å²) in [5, 5.41) is 5.38. The number of aromatic amines is 1. The van der Waals surface area contributed by atoms with Gasteiger partial charge < -0.3 is 15.0 Å². The Morgan fingerprint density at radius 1 is 1.39 bits per heavy atom. The summed E-state index contributed by atoms with van der Waals surface area (Å²) in [6.45, 7) is 4.38. The number of aromatic nitrogens is 4. The second-order valence-corrected chi connectivity index (χ2v) is 7.84. The van der Waals surface area contributed by atoms with Gasteiger partial charge in [-0.3, -0.25) is 4.79 Å². The molecule has 7 nitrogen and oxygen atoms in total. The zero-order valence-electron chi connectivity index (χ0n) is 15.6. The molecule has 0 spiro atoms. The van der Waals surface area contributed by atoms with Crippen LogP contribution in [0.4, 0.5) is 0 Å². The zero-order chi connectivity index (χ0) is 19.7. The van der Waals surface area contributed by atoms with Crippen molar-refractivity contribution in [2.45, 2.75) is 49.3 Å². The molecule has 1 fully saturated rings. The van der Waals surface area contributed by atoms with E-state index in [1.807, 2.05) is 13.8 Å². The van der Waals surface area contributed by atoms with Crippen molar-refractivity contribution in [1.29, 1.82) is 0 Å². The van der Waals surface area contributed by atoms with Crippen molar-refractivity contribution < 1.29 is 9.53 Å². The molecule has 0 aromatic carbocycles. The maximum atomic E-state index is 12.3. The highest BCUT2D eigenvalue weighted by molar-refractivity contribution is 7.99. The Balaban J connectivity index is 1.65. The number of aryl methyl sites for hydroxylation is 1. The molecule has 4 rings (SSSR count). The van der Waals surface area contributed by atoms with Crippen molar-refractivity contribution in [2.24, 2.45) is 0 Å². The van der Waals surface area contributed by atoms with Crippen LogP contribution in [0, 0.1) is 0 Å². The summed E-state index contributed by atoms with van der Waals surface area (Å²) in [7, 11) is 0. The highest BCUT2D eigenvalue weighted by Crippen LogP contribution is 2.35. The average Bonchev–Trinajstić information content (AvgIpc) is 3.44. The first-order valence-corrected chi connectivity index (χ1v) is 10.4. The number of fused-ring (bicyclic) bond motifs is 1. The lowest BCUT2D eigenvalue weighted by atomic mass is 10.2. The fourth-order valence-electron chi connectivity index (χ4n) is 2.78. The predicted octanol–water partition coefficient (Wildman–Crippen LogP) is 4.01. The van der Waals surface area contributed by atoms with E-state index in [1.165, 1.54) is 11.8 Å². The van der Waals surface area contributed by atoms with E-state index in [9.17, 15) is 4.79 Å². The summed E-state index contributed by atoms with van der Waals surface area (Å²) in [4.78, 5) is 28.9. The number of nitrogens with one attached hydrogen (secondary N) is 2. The molecule has 0 saturated heterocycles. The molecule has 0 bridgehead atoms. The molecule has 146 valence electrons. The summed E-state index contributed by atoms with van der Waals surface area (Å²) < 4.78 is 5.70. The summed E-state index contributed by atoms with van der Waals surface area (Å²) in [5.41, 5.74) is 2.10. The topological polar surface area (TPSA) is 92.8 Å². The number of ether oxygens (including phenoxy) is 1. The van der Waals surface area contributed by atoms with Crippen LogP contribution < -0.4 is 10.1 Å². The quantitative estimate of drug-likeness (QED) is 0.564. The first kappa shape index (κ1) is 19.0. The van der Waals surface area contributed by atoms with Crippen LogP contribution in [0.2, 0.25) is 5.02 Å². The van der Waals surface area contributed by atoms with Crippen molar-refractivity contribution in [3.63, 3.8) is 0 Å². The number of pyridine rings is 1. The summed E-state index contributed by atoms with van der Waals surface area (Å²) in [5.74, 6) is 0.362. The third-order valence-corrected chi connectivity index (χ3v) is 5.56. The number of carbonyl (C=O) groups excluding carboxylic acids is 1. The van der Waals surface area contributed by atoms with Crippen LogP contribution in [0.1, 0.15) is 42.7 Å². The number of hydrogen-bond donors (Lipinski definition) is 2. The number of amides is 1. The molecule has 3 heterocycles. The third kappa shape index (κ3) is 3.93. The Labute approximate surface area is 171 Å². The molecule has 1 saturated carbocycles. The molecule has 0 atom stereocenters. The van der Waals surface area contributed by atoms with Gasteiger partial charge in [-0.05, 0) is 50.1 Å². The maximum Gasteiger partial charge on any atom is 0.251 e. The number of H-pyrrole nitrogens is 1. The van der Waals surface area contributed by atoms with Gasteiger partial charge in [-0.1, -0.05) is 18.5 Å². The van der Waals surface area contributed by atoms with E-state index < -0.39 is 0 Å². The lowest BCUT2D eigenvalue weighted by Gasteiger charge is -2.07. The first-order chi connectivity index (χ1) is 13.6. The van der Waals surface area contributed by atoms with E-state index in [1.54, 1.807) is 18.3 Å². The van der Waals surface area contributed by atoms with Gasteiger partial charge in [-0.15, -0.1) is 0 Å². The van der Waals surface area contributed by atoms with Crippen LogP contribution in [0.15, 0.2) is 28.5 Å². The molecule has 3 aromatic heterocycles. The Morgan fingerprint density at radius 3 is 2.93 bits per heavy atom. The summed E-state index contributed by atoms with van der Waals surface area (Å²) >= 11 is 7.73. The molecule has 28 heavy (non-hydrogen) atoms. The van der Waals surface area contributed by atoms with E-state index in [2.05, 4.69) is 25.3 Å². The predicted molar refractivity (Wildman–Crippen MR) is 108 cm³/mol. The summed E-state index contributed by atoms with van der Waals surface area (Å²) in [6.07, 6.45) is 4.46. The van der Waals surface area contributed by atoms with Crippen molar-refractivity contribution in [2.75, 3.05) is 6.61 Å². The largest absolute Gasteiger partial charge is 0.477 e. The van der Waals surface area contributed by atoms with E-state index in [4.69, 9.17) is 16.3 Å². The van der Waals surface area contributed by atoms with Gasteiger partial charge in [-0.25, -0.2) is 9.97 Å². The molecule has 0 aliphatic heterocycles. The molecule has 0 unspecified atom stereocenters. The molecule has 0 radical (unpaired) electrons. The highest BCUT2D eigenvalue weighted by atomic mass is 35.5. The van der Waals surface area contributed by atoms with Crippen LogP contribution in [0.5, 0.6) is 5.88 Å². The Hall–Kier alpha value is -2.32. The Kier molecular flexibility index (Phi) is 5.41. The van der Waals surface area contributed by atoms with Crippen molar-refractivity contribution in [3.8, 4) is 5.88 Å². The smallest absolute Gasteiger partial charge is 0.251 e. The van der Waals surface area contributed by atoms with Gasteiger partial charge in [-0.2, -0.15) is 4.98 Å². The average molecular weight is 418 g/mol. The van der Waals surface area contributed by atoms with Crippen LogP contribution in [-0.2, 0) is 6.42 Å². The first-order valence-electron chi connectivity index (χ1n) is 9.24. The minimum Gasteiger partial charge on any atom is -0.477 e. The lowest BCUT2D eigenvalue weighted by Crippen LogP contribution is -2.25. The molecule has 1 aliphatic rings.